The van der Waals surface area contributed by atoms with Gasteiger partial charge in [-0.15, -0.1) is 0 Å². The Bertz CT molecular complexity index is 486. The number of hydrogen-bond acceptors (Lipinski definition) is 1. The maximum Gasteiger partial charge on any atom is 0.123 e. The average Bonchev–Trinajstić information content (AvgIpc) is 3.32. The highest BCUT2D eigenvalue weighted by Gasteiger charge is 2.33. The van der Waals surface area contributed by atoms with Crippen molar-refractivity contribution < 1.29 is 4.39 Å². The molecule has 0 aliphatic heterocycles. The lowest BCUT2D eigenvalue weighted by Crippen LogP contribution is -2.33. The van der Waals surface area contributed by atoms with Gasteiger partial charge in [-0.1, -0.05) is 31.4 Å². The molecular formula is C18H25ClFN. The van der Waals surface area contributed by atoms with Gasteiger partial charge in [0, 0.05) is 11.1 Å². The topological polar surface area (TPSA) is 12.0 Å². The molecule has 2 fully saturated rings. The summed E-state index contributed by atoms with van der Waals surface area (Å²) < 4.78 is 13.7. The minimum atomic E-state index is -0.165. The van der Waals surface area contributed by atoms with Gasteiger partial charge >= 0.3 is 0 Å². The molecule has 0 aromatic heterocycles. The predicted octanol–water partition coefficient (Wildman–Crippen LogP) is 5.14. The van der Waals surface area contributed by atoms with Gasteiger partial charge < -0.3 is 5.32 Å². The fourth-order valence-corrected chi connectivity index (χ4v) is 3.98. The highest BCUT2D eigenvalue weighted by Crippen LogP contribution is 2.44. The molecule has 2 aliphatic carbocycles. The van der Waals surface area contributed by atoms with Gasteiger partial charge in [0.05, 0.1) is 0 Å². The first-order valence-corrected chi connectivity index (χ1v) is 8.73. The van der Waals surface area contributed by atoms with Crippen molar-refractivity contribution in [1.82, 2.24) is 5.32 Å². The molecule has 3 atom stereocenters. The van der Waals surface area contributed by atoms with Crippen LogP contribution in [-0.4, -0.2) is 12.6 Å². The second kappa shape index (κ2) is 6.66. The first-order chi connectivity index (χ1) is 10.2. The molecule has 1 aromatic carbocycles. The summed E-state index contributed by atoms with van der Waals surface area (Å²) in [5.74, 6) is 1.58. The first kappa shape index (κ1) is 15.3. The Hall–Kier alpha value is -0.600. The van der Waals surface area contributed by atoms with Crippen molar-refractivity contribution in [1.29, 1.82) is 0 Å². The van der Waals surface area contributed by atoms with Crippen LogP contribution in [0.5, 0.6) is 0 Å². The van der Waals surface area contributed by atoms with Crippen LogP contribution in [0.15, 0.2) is 18.2 Å². The van der Waals surface area contributed by atoms with E-state index >= 15 is 0 Å². The largest absolute Gasteiger partial charge is 0.314 e. The van der Waals surface area contributed by atoms with Crippen molar-refractivity contribution in [2.24, 2.45) is 11.8 Å². The maximum atomic E-state index is 13.7. The normalized spacial score (nSPS) is 29.6. The van der Waals surface area contributed by atoms with Crippen molar-refractivity contribution >= 4 is 11.6 Å². The highest BCUT2D eigenvalue weighted by atomic mass is 35.5. The zero-order chi connectivity index (χ0) is 14.8. The van der Waals surface area contributed by atoms with Crippen molar-refractivity contribution in [3.63, 3.8) is 0 Å². The molecule has 116 valence electrons. The maximum absolute atomic E-state index is 13.7. The molecule has 1 nitrogen and oxygen atoms in total. The summed E-state index contributed by atoms with van der Waals surface area (Å²) in [7, 11) is 0. The standard InChI is InChI=1S/C18H25ClFN/c1-2-12-3-4-13(11-21-15-6-7-15)16(9-12)17-10-14(20)5-8-18(17)19/h5,8,10,12-13,15-16,21H,2-4,6-7,9,11H2,1H3. The third-order valence-electron chi connectivity index (χ3n) is 5.28. The molecule has 2 saturated carbocycles. The second-order valence-electron chi connectivity index (χ2n) is 6.80. The Balaban J connectivity index is 1.78. The number of halogens is 2. The van der Waals surface area contributed by atoms with Crippen LogP contribution < -0.4 is 5.32 Å². The van der Waals surface area contributed by atoms with E-state index in [-0.39, 0.29) is 5.82 Å². The molecule has 0 heterocycles. The van der Waals surface area contributed by atoms with Crippen molar-refractivity contribution in [2.45, 2.75) is 57.4 Å². The highest BCUT2D eigenvalue weighted by molar-refractivity contribution is 6.31. The summed E-state index contributed by atoms with van der Waals surface area (Å²) in [6.07, 6.45) is 7.53. The summed E-state index contributed by atoms with van der Waals surface area (Å²) >= 11 is 6.37. The van der Waals surface area contributed by atoms with E-state index in [1.807, 2.05) is 0 Å². The van der Waals surface area contributed by atoms with E-state index in [1.54, 1.807) is 12.1 Å². The minimum Gasteiger partial charge on any atom is -0.314 e. The number of rotatable bonds is 5. The van der Waals surface area contributed by atoms with Crippen LogP contribution in [-0.2, 0) is 0 Å². The summed E-state index contributed by atoms with van der Waals surface area (Å²) in [6.45, 7) is 3.32. The molecule has 0 radical (unpaired) electrons. The molecule has 0 spiro atoms. The van der Waals surface area contributed by atoms with Gasteiger partial charge in [0.1, 0.15) is 5.82 Å². The van der Waals surface area contributed by atoms with Crippen LogP contribution in [0.3, 0.4) is 0 Å². The molecule has 0 amide bonds. The lowest BCUT2D eigenvalue weighted by atomic mass is 9.70. The van der Waals surface area contributed by atoms with Crippen LogP contribution in [0.1, 0.15) is 56.9 Å². The van der Waals surface area contributed by atoms with Crippen molar-refractivity contribution in [3.05, 3.63) is 34.6 Å². The smallest absolute Gasteiger partial charge is 0.123 e. The third kappa shape index (κ3) is 3.78. The summed E-state index contributed by atoms with van der Waals surface area (Å²) in [5.41, 5.74) is 1.03. The van der Waals surface area contributed by atoms with Gasteiger partial charge in [0.25, 0.3) is 0 Å². The molecule has 0 bridgehead atoms. The third-order valence-corrected chi connectivity index (χ3v) is 5.63. The lowest BCUT2D eigenvalue weighted by Gasteiger charge is -2.37. The van der Waals surface area contributed by atoms with Crippen molar-refractivity contribution in [3.8, 4) is 0 Å². The van der Waals surface area contributed by atoms with Gasteiger partial charge in [0.15, 0.2) is 0 Å². The minimum absolute atomic E-state index is 0.165. The van der Waals surface area contributed by atoms with E-state index in [1.165, 1.54) is 38.2 Å². The van der Waals surface area contributed by atoms with E-state index in [2.05, 4.69) is 12.2 Å². The summed E-state index contributed by atoms with van der Waals surface area (Å²) in [5, 5.41) is 4.39. The molecular weight excluding hydrogens is 285 g/mol. The molecule has 1 N–H and O–H groups in total. The fourth-order valence-electron chi connectivity index (χ4n) is 3.72. The van der Waals surface area contributed by atoms with Gasteiger partial charge in [0.2, 0.25) is 0 Å². The molecule has 3 unspecified atom stereocenters. The Morgan fingerprint density at radius 1 is 1.24 bits per heavy atom. The van der Waals surface area contributed by atoms with Crippen LogP contribution in [0.2, 0.25) is 5.02 Å². The van der Waals surface area contributed by atoms with Gasteiger partial charge in [-0.3, -0.25) is 0 Å². The van der Waals surface area contributed by atoms with Crippen LogP contribution >= 0.6 is 11.6 Å². The zero-order valence-corrected chi connectivity index (χ0v) is 13.5. The van der Waals surface area contributed by atoms with Crippen LogP contribution in [0, 0.1) is 17.7 Å². The Morgan fingerprint density at radius 3 is 2.76 bits per heavy atom. The zero-order valence-electron chi connectivity index (χ0n) is 12.7. The Morgan fingerprint density at radius 2 is 2.05 bits per heavy atom. The Labute approximate surface area is 132 Å². The predicted molar refractivity (Wildman–Crippen MR) is 86.3 cm³/mol. The quantitative estimate of drug-likeness (QED) is 0.794. The van der Waals surface area contributed by atoms with Gasteiger partial charge in [-0.25, -0.2) is 4.39 Å². The van der Waals surface area contributed by atoms with E-state index in [9.17, 15) is 4.39 Å². The Kier molecular flexibility index (Phi) is 4.85. The summed E-state index contributed by atoms with van der Waals surface area (Å²) in [4.78, 5) is 0. The molecule has 1 aromatic rings. The monoisotopic (exact) mass is 309 g/mol. The van der Waals surface area contributed by atoms with Crippen molar-refractivity contribution in [2.75, 3.05) is 6.54 Å². The average molecular weight is 310 g/mol. The summed E-state index contributed by atoms with van der Waals surface area (Å²) in [6, 6.07) is 5.57. The fraction of sp³-hybridized carbons (Fsp3) is 0.667. The second-order valence-corrected chi connectivity index (χ2v) is 7.21. The van der Waals surface area contributed by atoms with Crippen LogP contribution in [0.4, 0.5) is 4.39 Å². The van der Waals surface area contributed by atoms with E-state index < -0.39 is 0 Å². The van der Waals surface area contributed by atoms with E-state index in [4.69, 9.17) is 11.6 Å². The van der Waals surface area contributed by atoms with Gasteiger partial charge in [-0.05, 0) is 73.7 Å². The number of benzene rings is 1. The lowest BCUT2D eigenvalue weighted by molar-refractivity contribution is 0.225. The molecule has 0 saturated heterocycles. The molecule has 2 aliphatic rings. The van der Waals surface area contributed by atoms with Crippen LogP contribution in [0.25, 0.3) is 0 Å². The van der Waals surface area contributed by atoms with E-state index in [0.717, 1.165) is 35.5 Å². The van der Waals surface area contributed by atoms with E-state index in [0.29, 0.717) is 11.8 Å². The number of nitrogens with one attached hydrogen (secondary N) is 1. The molecule has 3 rings (SSSR count). The van der Waals surface area contributed by atoms with Gasteiger partial charge in [-0.2, -0.15) is 0 Å². The SMILES string of the molecule is CCC1CCC(CNC2CC2)C(c2cc(F)ccc2Cl)C1. The number of hydrogen-bond donors (Lipinski definition) is 1. The molecule has 3 heteroatoms. The molecule has 21 heavy (non-hydrogen) atoms. The first-order valence-electron chi connectivity index (χ1n) is 8.35.